The third-order valence-electron chi connectivity index (χ3n) is 7.24. The van der Waals surface area contributed by atoms with Gasteiger partial charge in [0.1, 0.15) is 0 Å². The third kappa shape index (κ3) is 7.04. The number of benzene rings is 4. The molecule has 0 saturated carbocycles. The van der Waals surface area contributed by atoms with Crippen molar-refractivity contribution in [3.8, 4) is 51.5 Å². The van der Waals surface area contributed by atoms with E-state index in [4.69, 9.17) is 9.47 Å². The first-order valence-electron chi connectivity index (χ1n) is 14.4. The van der Waals surface area contributed by atoms with Gasteiger partial charge in [-0.25, -0.2) is 9.97 Å². The van der Waals surface area contributed by atoms with Crippen LogP contribution in [-0.4, -0.2) is 24.5 Å². The van der Waals surface area contributed by atoms with E-state index in [2.05, 4.69) is 44.2 Å². The molecule has 0 atom stereocenters. The van der Waals surface area contributed by atoms with Crippen LogP contribution in [0.25, 0.3) is 50.3 Å². The minimum atomic E-state index is -0.574. The van der Waals surface area contributed by atoms with E-state index >= 15 is 0 Å². The molecule has 4 heterocycles. The molecule has 0 aliphatic carbocycles. The van der Waals surface area contributed by atoms with E-state index < -0.39 is 11.9 Å². The van der Waals surface area contributed by atoms with Crippen molar-refractivity contribution >= 4 is 21.8 Å². The first-order valence-corrected chi connectivity index (χ1v) is 14.4. The van der Waals surface area contributed by atoms with Crippen LogP contribution < -0.4 is 9.47 Å². The Balaban J connectivity index is 0.00000208. The predicted octanol–water partition coefficient (Wildman–Crippen LogP) is 8.76. The van der Waals surface area contributed by atoms with Gasteiger partial charge in [0.05, 0.1) is 0 Å². The van der Waals surface area contributed by atoms with Crippen LogP contribution >= 0.6 is 0 Å². The fourth-order valence-corrected chi connectivity index (χ4v) is 5.22. The zero-order valence-electron chi connectivity index (χ0n) is 24.9. The van der Waals surface area contributed by atoms with Gasteiger partial charge in [0.25, 0.3) is 0 Å². The molecular weight excluding hydrogens is 898 g/mol. The van der Waals surface area contributed by atoms with Crippen LogP contribution in [0.2, 0.25) is 0 Å². The molecule has 0 fully saturated rings. The minimum absolute atomic E-state index is 0. The number of aromatic nitrogens is 5. The summed E-state index contributed by atoms with van der Waals surface area (Å²) >= 11 is 0. The maximum atomic E-state index is 13.7. The van der Waals surface area contributed by atoms with Crippen LogP contribution in [-0.2, 0) is 41.5 Å². The summed E-state index contributed by atoms with van der Waals surface area (Å²) in [6.45, 7) is 0. The number of rotatable bonds is 7. The van der Waals surface area contributed by atoms with Gasteiger partial charge in [-0.1, -0.05) is 47.4 Å². The number of hydrogen-bond donors (Lipinski definition) is 0. The van der Waals surface area contributed by atoms with Crippen molar-refractivity contribution in [3.63, 3.8) is 0 Å². The van der Waals surface area contributed by atoms with Gasteiger partial charge in [-0.15, -0.1) is 71.8 Å². The Hall–Kier alpha value is -5.13. The molecule has 0 spiro atoms. The second-order valence-corrected chi connectivity index (χ2v) is 10.3. The second-order valence-electron chi connectivity index (χ2n) is 10.3. The molecule has 11 heteroatoms. The Morgan fingerprint density at radius 1 is 0.510 bits per heavy atom. The van der Waals surface area contributed by atoms with E-state index in [-0.39, 0.29) is 41.5 Å². The molecule has 0 aliphatic rings. The van der Waals surface area contributed by atoms with E-state index in [9.17, 15) is 8.78 Å². The number of halogens is 2. The zero-order chi connectivity index (χ0) is 31.7. The molecule has 8 rings (SSSR count). The monoisotopic (exact) mass is 916 g/mol. The summed E-state index contributed by atoms with van der Waals surface area (Å²) in [7, 11) is 0. The summed E-state index contributed by atoms with van der Waals surface area (Å²) in [5.74, 6) is 0.934. The van der Waals surface area contributed by atoms with Crippen molar-refractivity contribution in [2.45, 2.75) is 0 Å². The second kappa shape index (κ2) is 14.6. The van der Waals surface area contributed by atoms with E-state index in [0.717, 1.165) is 10.8 Å². The molecule has 4 aromatic carbocycles. The molecule has 4 aromatic heterocycles. The molecule has 8 aromatic rings. The van der Waals surface area contributed by atoms with Crippen molar-refractivity contribution in [1.29, 1.82) is 0 Å². The Morgan fingerprint density at radius 2 is 0.959 bits per heavy atom. The quantitative estimate of drug-likeness (QED) is 0.0906. The van der Waals surface area contributed by atoms with Crippen molar-refractivity contribution in [1.82, 2.24) is 24.5 Å². The predicted molar refractivity (Wildman–Crippen MR) is 171 cm³/mol. The smallest absolute Gasteiger partial charge is 0.503 e. The number of hydrogen-bond acceptors (Lipinski definition) is 6. The van der Waals surface area contributed by atoms with Gasteiger partial charge in [-0.3, -0.25) is 9.97 Å². The molecule has 0 bridgehead atoms. The normalized spacial score (nSPS) is 10.7. The van der Waals surface area contributed by atoms with Gasteiger partial charge in [-0.05, 0) is 29.6 Å². The van der Waals surface area contributed by atoms with Gasteiger partial charge in [0, 0.05) is 35.4 Å². The average Bonchev–Trinajstić information content (AvgIpc) is 3.41. The first-order chi connectivity index (χ1) is 23.1. The Labute approximate surface area is 307 Å². The van der Waals surface area contributed by atoms with Crippen LogP contribution in [0.5, 0.6) is 23.0 Å². The Kier molecular flexibility index (Phi) is 10.0. The first kappa shape index (κ1) is 33.8. The maximum absolute atomic E-state index is 13.7. The number of pyridine rings is 2. The molecule has 49 heavy (non-hydrogen) atoms. The zero-order valence-corrected chi connectivity index (χ0v) is 28.7. The van der Waals surface area contributed by atoms with Crippen molar-refractivity contribution < 1.29 is 59.7 Å². The fourth-order valence-electron chi connectivity index (χ4n) is 5.22. The molecule has 242 valence electrons. The maximum Gasteiger partial charge on any atom is 2.00 e. The summed E-state index contributed by atoms with van der Waals surface area (Å²) < 4.78 is 41.7. The third-order valence-corrected chi connectivity index (χ3v) is 7.24. The SMILES string of the molecule is Fc1cccc(-c2[c-]c(Oc3[c-]c4c(cc3)c3ccc(Oc5[c-]c(-c6cccc(F)n6)ccc5)[c-]c3n4-c3ncccn3)ccc2)n1.[Pd+2].[Pt+2]. The van der Waals surface area contributed by atoms with Crippen LogP contribution in [0.1, 0.15) is 0 Å². The molecule has 0 amide bonds. The van der Waals surface area contributed by atoms with Gasteiger partial charge < -0.3 is 14.0 Å². The van der Waals surface area contributed by atoms with Gasteiger partial charge in [-0.2, -0.15) is 31.7 Å². The largest absolute Gasteiger partial charge is 2.00 e. The molecule has 0 radical (unpaired) electrons. The molecule has 0 unspecified atom stereocenters. The summed E-state index contributed by atoms with van der Waals surface area (Å²) in [5.41, 5.74) is 3.38. The van der Waals surface area contributed by atoms with Gasteiger partial charge >= 0.3 is 41.5 Å². The van der Waals surface area contributed by atoms with Crippen LogP contribution in [0, 0.1) is 36.2 Å². The summed E-state index contributed by atoms with van der Waals surface area (Å²) in [5, 5.41) is 1.74. The summed E-state index contributed by atoms with van der Waals surface area (Å²) in [6, 6.07) is 42.1. The minimum Gasteiger partial charge on any atom is -0.503 e. The van der Waals surface area contributed by atoms with Gasteiger partial charge in [0.15, 0.2) is 0 Å². The Bertz CT molecular complexity index is 2280. The summed E-state index contributed by atoms with van der Waals surface area (Å²) in [6.07, 6.45) is 3.31. The van der Waals surface area contributed by atoms with Crippen LogP contribution in [0.15, 0.2) is 116 Å². The average molecular weight is 917 g/mol. The fraction of sp³-hybridized carbons (Fsp3) is 0. The Morgan fingerprint density at radius 3 is 1.43 bits per heavy atom. The molecule has 0 saturated heterocycles. The van der Waals surface area contributed by atoms with Crippen molar-refractivity contribution in [3.05, 3.63) is 152 Å². The molecule has 7 nitrogen and oxygen atoms in total. The van der Waals surface area contributed by atoms with Crippen molar-refractivity contribution in [2.24, 2.45) is 0 Å². The number of nitrogens with zero attached hydrogens (tertiary/aromatic N) is 5. The summed E-state index contributed by atoms with van der Waals surface area (Å²) in [4.78, 5) is 16.9. The standard InChI is InChI=1S/C38H19F2N5O2.Pd.Pt/c39-36-12-3-10-32(43-36)24-6-1-8-26(20-24)46-28-14-16-30-31-17-15-29(23-35(31)45(34(30)22-28)38-41-18-5-19-42-38)47-27-9-2-7-25(21-27)33-11-4-13-37(40)44-33;;/h1-19H;;/q-4;2*+2. The van der Waals surface area contributed by atoms with E-state index in [1.807, 2.05) is 28.8 Å². The van der Waals surface area contributed by atoms with Gasteiger partial charge in [0.2, 0.25) is 17.8 Å². The van der Waals surface area contributed by atoms with E-state index in [1.54, 1.807) is 79.1 Å². The number of ether oxygens (including phenoxy) is 2. The molecular formula is C38H19F2N5O2PdPt. The van der Waals surface area contributed by atoms with Crippen molar-refractivity contribution in [2.75, 3.05) is 0 Å². The van der Waals surface area contributed by atoms with Crippen LogP contribution in [0.3, 0.4) is 0 Å². The molecule has 0 aliphatic heterocycles. The van der Waals surface area contributed by atoms with E-state index in [1.165, 1.54) is 12.1 Å². The number of fused-ring (bicyclic) bond motifs is 3. The van der Waals surface area contributed by atoms with E-state index in [0.29, 0.717) is 62.5 Å². The molecule has 0 N–H and O–H groups in total. The topological polar surface area (TPSA) is 75.0 Å². The van der Waals surface area contributed by atoms with Crippen LogP contribution in [0.4, 0.5) is 8.78 Å².